The summed E-state index contributed by atoms with van der Waals surface area (Å²) in [6.45, 7) is 0.643. The van der Waals surface area contributed by atoms with Crippen molar-refractivity contribution in [2.75, 3.05) is 13.2 Å². The van der Waals surface area contributed by atoms with Gasteiger partial charge in [0.2, 0.25) is 0 Å². The predicted molar refractivity (Wildman–Crippen MR) is 96.5 cm³/mol. The van der Waals surface area contributed by atoms with Crippen molar-refractivity contribution in [1.29, 1.82) is 0 Å². The van der Waals surface area contributed by atoms with Crippen molar-refractivity contribution in [3.8, 4) is 5.75 Å². The quantitative estimate of drug-likeness (QED) is 0.597. The molecule has 134 valence electrons. The highest BCUT2D eigenvalue weighted by Crippen LogP contribution is 2.24. The monoisotopic (exact) mass is 372 g/mol. The summed E-state index contributed by atoms with van der Waals surface area (Å²) in [5, 5.41) is 0.400. The van der Waals surface area contributed by atoms with E-state index < -0.39 is 5.91 Å². The number of fused-ring (bicyclic) bond motifs is 1. The van der Waals surface area contributed by atoms with Gasteiger partial charge < -0.3 is 10.5 Å². The SMILES string of the molecule is NC(=O)c1cc(Cl)ccc1OCCCCN1C(=O)c2ccccc2C1=O. The van der Waals surface area contributed by atoms with Crippen LogP contribution in [0.2, 0.25) is 5.02 Å². The first-order chi connectivity index (χ1) is 12.5. The van der Waals surface area contributed by atoms with Gasteiger partial charge in [-0.2, -0.15) is 0 Å². The molecule has 2 aromatic carbocycles. The molecular weight excluding hydrogens is 356 g/mol. The van der Waals surface area contributed by atoms with Gasteiger partial charge in [0.05, 0.1) is 23.3 Å². The lowest BCUT2D eigenvalue weighted by molar-refractivity contribution is 0.0649. The van der Waals surface area contributed by atoms with E-state index in [4.69, 9.17) is 22.1 Å². The van der Waals surface area contributed by atoms with Crippen LogP contribution in [-0.4, -0.2) is 35.8 Å². The van der Waals surface area contributed by atoms with E-state index in [0.29, 0.717) is 47.9 Å². The van der Waals surface area contributed by atoms with Crippen molar-refractivity contribution in [2.45, 2.75) is 12.8 Å². The number of rotatable bonds is 7. The van der Waals surface area contributed by atoms with E-state index in [2.05, 4.69) is 0 Å². The number of carbonyl (C=O) groups is 3. The first kappa shape index (κ1) is 17.9. The molecule has 0 radical (unpaired) electrons. The van der Waals surface area contributed by atoms with E-state index in [1.807, 2.05) is 0 Å². The Hall–Kier alpha value is -2.86. The minimum Gasteiger partial charge on any atom is -0.493 e. The standard InChI is InChI=1S/C19H17ClN2O4/c20-12-7-8-16(15(11-12)17(21)23)26-10-4-3-9-22-18(24)13-5-1-2-6-14(13)19(22)25/h1-2,5-8,11H,3-4,9-10H2,(H2,21,23). The number of amides is 3. The Kier molecular flexibility index (Phi) is 5.23. The fourth-order valence-electron chi connectivity index (χ4n) is 2.82. The van der Waals surface area contributed by atoms with E-state index in [-0.39, 0.29) is 17.4 Å². The number of hydrogen-bond donors (Lipinski definition) is 1. The molecule has 2 N–H and O–H groups in total. The number of carbonyl (C=O) groups excluding carboxylic acids is 3. The van der Waals surface area contributed by atoms with E-state index in [9.17, 15) is 14.4 Å². The summed E-state index contributed by atoms with van der Waals surface area (Å²) in [4.78, 5) is 37.2. The Bertz CT molecular complexity index is 847. The zero-order valence-corrected chi connectivity index (χ0v) is 14.7. The molecular formula is C19H17ClN2O4. The van der Waals surface area contributed by atoms with E-state index >= 15 is 0 Å². The molecule has 3 rings (SSSR count). The van der Waals surface area contributed by atoms with E-state index in [0.717, 1.165) is 0 Å². The first-order valence-electron chi connectivity index (χ1n) is 8.16. The Morgan fingerprint density at radius 1 is 1.04 bits per heavy atom. The van der Waals surface area contributed by atoms with Gasteiger partial charge in [0.25, 0.3) is 17.7 Å². The number of hydrogen-bond acceptors (Lipinski definition) is 4. The van der Waals surface area contributed by atoms with Gasteiger partial charge in [-0.15, -0.1) is 0 Å². The molecule has 0 saturated heterocycles. The maximum atomic E-state index is 12.3. The lowest BCUT2D eigenvalue weighted by Crippen LogP contribution is -2.30. The highest BCUT2D eigenvalue weighted by atomic mass is 35.5. The first-order valence-corrected chi connectivity index (χ1v) is 8.54. The molecule has 26 heavy (non-hydrogen) atoms. The van der Waals surface area contributed by atoms with Gasteiger partial charge in [-0.3, -0.25) is 19.3 Å². The number of unbranched alkanes of at least 4 members (excludes halogenated alkanes) is 1. The van der Waals surface area contributed by atoms with E-state index in [1.54, 1.807) is 36.4 Å². The summed E-state index contributed by atoms with van der Waals surface area (Å²) in [6, 6.07) is 11.5. The summed E-state index contributed by atoms with van der Waals surface area (Å²) in [7, 11) is 0. The van der Waals surface area contributed by atoms with Crippen LogP contribution in [0.4, 0.5) is 0 Å². The highest BCUT2D eigenvalue weighted by Gasteiger charge is 2.34. The van der Waals surface area contributed by atoms with E-state index in [1.165, 1.54) is 11.0 Å². The smallest absolute Gasteiger partial charge is 0.261 e. The molecule has 1 heterocycles. The lowest BCUT2D eigenvalue weighted by atomic mass is 10.1. The molecule has 0 aliphatic carbocycles. The lowest BCUT2D eigenvalue weighted by Gasteiger charge is -2.14. The van der Waals surface area contributed by atoms with Crippen LogP contribution in [0.5, 0.6) is 5.75 Å². The van der Waals surface area contributed by atoms with Crippen LogP contribution >= 0.6 is 11.6 Å². The summed E-state index contributed by atoms with van der Waals surface area (Å²) in [5.41, 5.74) is 6.42. The van der Waals surface area contributed by atoms with Gasteiger partial charge in [-0.25, -0.2) is 0 Å². The van der Waals surface area contributed by atoms with Crippen molar-refractivity contribution in [3.63, 3.8) is 0 Å². The fourth-order valence-corrected chi connectivity index (χ4v) is 2.99. The number of primary amides is 1. The van der Waals surface area contributed by atoms with Gasteiger partial charge in [0.15, 0.2) is 0 Å². The molecule has 0 aromatic heterocycles. The maximum absolute atomic E-state index is 12.3. The number of nitrogens with zero attached hydrogens (tertiary/aromatic N) is 1. The van der Waals surface area contributed by atoms with Crippen molar-refractivity contribution in [3.05, 3.63) is 64.2 Å². The van der Waals surface area contributed by atoms with Crippen LogP contribution in [0.25, 0.3) is 0 Å². The van der Waals surface area contributed by atoms with Gasteiger partial charge in [-0.1, -0.05) is 23.7 Å². The number of benzene rings is 2. The Morgan fingerprint density at radius 3 is 2.31 bits per heavy atom. The molecule has 0 fully saturated rings. The summed E-state index contributed by atoms with van der Waals surface area (Å²) in [5.74, 6) is -0.781. The molecule has 0 atom stereocenters. The highest BCUT2D eigenvalue weighted by molar-refractivity contribution is 6.31. The largest absolute Gasteiger partial charge is 0.493 e. The van der Waals surface area contributed by atoms with Crippen LogP contribution in [0, 0.1) is 0 Å². The third kappa shape index (κ3) is 3.55. The molecule has 3 amide bonds. The number of imide groups is 1. The number of halogens is 1. The molecule has 0 spiro atoms. The van der Waals surface area contributed by atoms with Gasteiger partial charge >= 0.3 is 0 Å². The molecule has 0 unspecified atom stereocenters. The zero-order valence-electron chi connectivity index (χ0n) is 13.9. The molecule has 7 heteroatoms. The minimum atomic E-state index is -0.617. The van der Waals surface area contributed by atoms with Crippen molar-refractivity contribution >= 4 is 29.3 Å². The summed E-state index contributed by atoms with van der Waals surface area (Å²) >= 11 is 5.85. The zero-order chi connectivity index (χ0) is 18.7. The van der Waals surface area contributed by atoms with Crippen molar-refractivity contribution in [1.82, 2.24) is 4.90 Å². The van der Waals surface area contributed by atoms with Crippen LogP contribution in [0.15, 0.2) is 42.5 Å². The second-order valence-electron chi connectivity index (χ2n) is 5.87. The topological polar surface area (TPSA) is 89.7 Å². The molecule has 0 saturated carbocycles. The molecule has 1 aliphatic heterocycles. The minimum absolute atomic E-state index is 0.220. The third-order valence-electron chi connectivity index (χ3n) is 4.12. The fraction of sp³-hybridized carbons (Fsp3) is 0.211. The van der Waals surface area contributed by atoms with Gasteiger partial charge in [0.1, 0.15) is 5.75 Å². The third-order valence-corrected chi connectivity index (χ3v) is 4.35. The van der Waals surface area contributed by atoms with Crippen LogP contribution in [0.1, 0.15) is 43.9 Å². The maximum Gasteiger partial charge on any atom is 0.261 e. The van der Waals surface area contributed by atoms with Crippen LogP contribution in [-0.2, 0) is 0 Å². The molecule has 0 bridgehead atoms. The molecule has 2 aromatic rings. The van der Waals surface area contributed by atoms with Crippen LogP contribution < -0.4 is 10.5 Å². The second-order valence-corrected chi connectivity index (χ2v) is 6.30. The van der Waals surface area contributed by atoms with Crippen molar-refractivity contribution in [2.24, 2.45) is 5.73 Å². The van der Waals surface area contributed by atoms with Crippen LogP contribution in [0.3, 0.4) is 0 Å². The average Bonchev–Trinajstić information content (AvgIpc) is 2.87. The Morgan fingerprint density at radius 2 is 1.69 bits per heavy atom. The number of nitrogens with two attached hydrogens (primary N) is 1. The summed E-state index contributed by atoms with van der Waals surface area (Å²) < 4.78 is 5.59. The number of ether oxygens (including phenoxy) is 1. The normalized spacial score (nSPS) is 13.0. The molecule has 6 nitrogen and oxygen atoms in total. The molecule has 1 aliphatic rings. The van der Waals surface area contributed by atoms with Gasteiger partial charge in [0, 0.05) is 11.6 Å². The Balaban J connectivity index is 1.51. The van der Waals surface area contributed by atoms with Gasteiger partial charge in [-0.05, 0) is 43.2 Å². The Labute approximate surface area is 155 Å². The average molecular weight is 373 g/mol. The van der Waals surface area contributed by atoms with Crippen molar-refractivity contribution < 1.29 is 19.1 Å². The summed E-state index contributed by atoms with van der Waals surface area (Å²) in [6.07, 6.45) is 1.19. The predicted octanol–water partition coefficient (Wildman–Crippen LogP) is 2.89. The second kappa shape index (κ2) is 7.58.